The minimum absolute atomic E-state index is 0.205. The SMILES string of the molecule is O=C1CCC(N2Cc3cc(CNC45CCCC(CNC4)C5(F)F)ccc3C2=O)C(=O)N1. The Labute approximate surface area is 178 Å². The second-order valence-corrected chi connectivity index (χ2v) is 9.17. The number of imide groups is 1. The van der Waals surface area contributed by atoms with Crippen LogP contribution in [0.3, 0.4) is 0 Å². The smallest absolute Gasteiger partial charge is 0.271 e. The van der Waals surface area contributed by atoms with Gasteiger partial charge < -0.3 is 15.5 Å². The Morgan fingerprint density at radius 1 is 1.19 bits per heavy atom. The largest absolute Gasteiger partial charge is 0.322 e. The van der Waals surface area contributed by atoms with Crippen molar-refractivity contribution in [3.05, 3.63) is 34.9 Å². The third kappa shape index (κ3) is 3.25. The van der Waals surface area contributed by atoms with E-state index in [0.717, 1.165) is 17.5 Å². The summed E-state index contributed by atoms with van der Waals surface area (Å²) in [6.45, 7) is 1.15. The number of nitrogens with zero attached hydrogens (tertiary/aromatic N) is 1. The van der Waals surface area contributed by atoms with Crippen molar-refractivity contribution in [2.45, 2.75) is 62.7 Å². The van der Waals surface area contributed by atoms with Crippen molar-refractivity contribution in [3.8, 4) is 0 Å². The standard InChI is InChI=1S/C22H26F2N4O3/c23-22(24)15-2-1-7-21(22,12-25-10-15)26-9-13-3-4-16-14(8-13)11-28(20(16)31)17-5-6-18(29)27-19(17)30/h3-4,8,15,17,25-26H,1-2,5-7,9-12H2,(H,27,29,30). The number of carbonyl (C=O) groups excluding carboxylic acids is 3. The number of hydrogen-bond acceptors (Lipinski definition) is 5. The van der Waals surface area contributed by atoms with Crippen LogP contribution in [0, 0.1) is 5.92 Å². The number of alkyl halides is 2. The zero-order chi connectivity index (χ0) is 21.8. The molecule has 3 atom stereocenters. The first-order valence-corrected chi connectivity index (χ1v) is 10.9. The number of piperidine rings is 2. The second-order valence-electron chi connectivity index (χ2n) is 9.17. The monoisotopic (exact) mass is 432 g/mol. The molecule has 3 N–H and O–H groups in total. The lowest BCUT2D eigenvalue weighted by molar-refractivity contribution is -0.172. The summed E-state index contributed by atoms with van der Waals surface area (Å²) in [6, 6.07) is 4.68. The normalized spacial score (nSPS) is 32.1. The summed E-state index contributed by atoms with van der Waals surface area (Å²) >= 11 is 0. The number of nitrogens with one attached hydrogen (secondary N) is 3. The molecule has 1 aromatic rings. The Morgan fingerprint density at radius 2 is 2.03 bits per heavy atom. The van der Waals surface area contributed by atoms with Gasteiger partial charge in [-0.3, -0.25) is 19.7 Å². The van der Waals surface area contributed by atoms with Crippen molar-refractivity contribution < 1.29 is 23.2 Å². The molecule has 0 radical (unpaired) electrons. The molecule has 9 heteroatoms. The number of benzene rings is 1. The Hall–Kier alpha value is -2.39. The maximum atomic E-state index is 15.0. The summed E-state index contributed by atoms with van der Waals surface area (Å²) in [5, 5.41) is 8.60. The lowest BCUT2D eigenvalue weighted by Crippen LogP contribution is -2.72. The van der Waals surface area contributed by atoms with E-state index in [1.165, 1.54) is 4.90 Å². The highest BCUT2D eigenvalue weighted by molar-refractivity contribution is 6.05. The maximum absolute atomic E-state index is 15.0. The lowest BCUT2D eigenvalue weighted by Gasteiger charge is -2.52. The zero-order valence-electron chi connectivity index (χ0n) is 17.2. The van der Waals surface area contributed by atoms with Crippen molar-refractivity contribution >= 4 is 17.7 Å². The van der Waals surface area contributed by atoms with E-state index in [-0.39, 0.29) is 37.9 Å². The lowest BCUT2D eigenvalue weighted by atomic mass is 9.69. The van der Waals surface area contributed by atoms with Gasteiger partial charge in [0.15, 0.2) is 0 Å². The average Bonchev–Trinajstić information content (AvgIpc) is 3.02. The van der Waals surface area contributed by atoms with Gasteiger partial charge in [0.25, 0.3) is 11.8 Å². The molecule has 1 aliphatic carbocycles. The molecule has 31 heavy (non-hydrogen) atoms. The molecule has 7 nitrogen and oxygen atoms in total. The molecule has 2 bridgehead atoms. The van der Waals surface area contributed by atoms with Crippen molar-refractivity contribution in [1.82, 2.24) is 20.9 Å². The highest BCUT2D eigenvalue weighted by Crippen LogP contribution is 2.47. The average molecular weight is 432 g/mol. The van der Waals surface area contributed by atoms with E-state index in [2.05, 4.69) is 16.0 Å². The van der Waals surface area contributed by atoms with Crippen LogP contribution in [0.25, 0.3) is 0 Å². The van der Waals surface area contributed by atoms with Gasteiger partial charge in [0, 0.05) is 44.1 Å². The van der Waals surface area contributed by atoms with Gasteiger partial charge in [-0.2, -0.15) is 0 Å². The molecule has 166 valence electrons. The molecule has 3 fully saturated rings. The molecular formula is C22H26F2N4O3. The van der Waals surface area contributed by atoms with Crippen LogP contribution in [-0.2, 0) is 22.7 Å². The molecule has 4 aliphatic rings. The van der Waals surface area contributed by atoms with Crippen LogP contribution in [0.15, 0.2) is 18.2 Å². The van der Waals surface area contributed by atoms with Gasteiger partial charge in [0.2, 0.25) is 11.8 Å². The van der Waals surface area contributed by atoms with E-state index in [1.54, 1.807) is 12.1 Å². The molecule has 3 heterocycles. The maximum Gasteiger partial charge on any atom is 0.271 e. The van der Waals surface area contributed by atoms with Gasteiger partial charge in [-0.15, -0.1) is 0 Å². The molecule has 3 amide bonds. The quantitative estimate of drug-likeness (QED) is 0.625. The van der Waals surface area contributed by atoms with E-state index in [0.29, 0.717) is 31.4 Å². The second kappa shape index (κ2) is 7.34. The fourth-order valence-corrected chi connectivity index (χ4v) is 5.56. The number of hydrogen-bond donors (Lipinski definition) is 3. The Morgan fingerprint density at radius 3 is 2.84 bits per heavy atom. The van der Waals surface area contributed by atoms with Gasteiger partial charge in [-0.05, 0) is 36.5 Å². The van der Waals surface area contributed by atoms with Crippen LogP contribution in [0.4, 0.5) is 8.78 Å². The molecule has 2 saturated heterocycles. The summed E-state index contributed by atoms with van der Waals surface area (Å²) in [6.07, 6.45) is 2.27. The number of rotatable bonds is 4. The fourth-order valence-electron chi connectivity index (χ4n) is 5.56. The molecule has 3 aliphatic heterocycles. The molecule has 3 unspecified atom stereocenters. The molecule has 1 aromatic carbocycles. The summed E-state index contributed by atoms with van der Waals surface area (Å²) in [7, 11) is 0. The minimum Gasteiger partial charge on any atom is -0.322 e. The Balaban J connectivity index is 1.31. The summed E-state index contributed by atoms with van der Waals surface area (Å²) in [5.74, 6) is -4.40. The summed E-state index contributed by atoms with van der Waals surface area (Å²) in [5.41, 5.74) is 0.881. The van der Waals surface area contributed by atoms with Crippen molar-refractivity contribution in [3.63, 3.8) is 0 Å². The van der Waals surface area contributed by atoms with E-state index in [9.17, 15) is 14.4 Å². The first-order valence-electron chi connectivity index (χ1n) is 10.9. The molecule has 0 spiro atoms. The number of amides is 3. The molecule has 5 rings (SSSR count). The number of carbonyl (C=O) groups is 3. The van der Waals surface area contributed by atoms with E-state index >= 15 is 8.78 Å². The third-order valence-electron chi connectivity index (χ3n) is 7.34. The Bertz CT molecular complexity index is 941. The summed E-state index contributed by atoms with van der Waals surface area (Å²) in [4.78, 5) is 37.9. The Kier molecular flexibility index (Phi) is 4.86. The first-order chi connectivity index (χ1) is 14.8. The topological polar surface area (TPSA) is 90.5 Å². The van der Waals surface area contributed by atoms with Crippen molar-refractivity contribution in [1.29, 1.82) is 0 Å². The third-order valence-corrected chi connectivity index (χ3v) is 7.34. The van der Waals surface area contributed by atoms with Crippen molar-refractivity contribution in [2.75, 3.05) is 13.1 Å². The number of halogens is 2. The van der Waals surface area contributed by atoms with Gasteiger partial charge >= 0.3 is 0 Å². The van der Waals surface area contributed by atoms with Gasteiger partial charge in [-0.25, -0.2) is 8.78 Å². The zero-order valence-corrected chi connectivity index (χ0v) is 17.2. The van der Waals surface area contributed by atoms with E-state index < -0.39 is 29.3 Å². The van der Waals surface area contributed by atoms with Crippen LogP contribution in [0.2, 0.25) is 0 Å². The number of fused-ring (bicyclic) bond motifs is 3. The van der Waals surface area contributed by atoms with Gasteiger partial charge in [0.1, 0.15) is 6.04 Å². The van der Waals surface area contributed by atoms with Gasteiger partial charge in [0.05, 0.1) is 5.54 Å². The van der Waals surface area contributed by atoms with E-state index in [4.69, 9.17) is 0 Å². The summed E-state index contributed by atoms with van der Waals surface area (Å²) < 4.78 is 30.1. The van der Waals surface area contributed by atoms with Gasteiger partial charge in [-0.1, -0.05) is 18.6 Å². The minimum atomic E-state index is -2.76. The predicted molar refractivity (Wildman–Crippen MR) is 107 cm³/mol. The predicted octanol–water partition coefficient (Wildman–Crippen LogP) is 1.31. The van der Waals surface area contributed by atoms with Crippen LogP contribution in [-0.4, -0.2) is 53.2 Å². The van der Waals surface area contributed by atoms with Crippen LogP contribution < -0.4 is 16.0 Å². The van der Waals surface area contributed by atoms with Crippen molar-refractivity contribution in [2.24, 2.45) is 5.92 Å². The van der Waals surface area contributed by atoms with E-state index in [1.807, 2.05) is 6.07 Å². The highest BCUT2D eigenvalue weighted by atomic mass is 19.3. The fraction of sp³-hybridized carbons (Fsp3) is 0.591. The van der Waals surface area contributed by atoms with Crippen LogP contribution in [0.1, 0.15) is 53.6 Å². The molecule has 0 aromatic heterocycles. The highest BCUT2D eigenvalue weighted by Gasteiger charge is 2.61. The molecule has 1 saturated carbocycles. The molecular weight excluding hydrogens is 406 g/mol. The van der Waals surface area contributed by atoms with Crippen LogP contribution in [0.5, 0.6) is 0 Å². The first kappa shape index (κ1) is 20.5. The van der Waals surface area contributed by atoms with Crippen LogP contribution >= 0.6 is 0 Å².